The maximum absolute atomic E-state index is 11.0. The molecule has 1 amide bonds. The molecule has 0 fully saturated rings. The molecule has 0 radical (unpaired) electrons. The van der Waals surface area contributed by atoms with Gasteiger partial charge in [0.25, 0.3) is 5.91 Å². The van der Waals surface area contributed by atoms with E-state index in [1.165, 1.54) is 17.3 Å². The van der Waals surface area contributed by atoms with Gasteiger partial charge in [-0.1, -0.05) is 30.3 Å². The molecular weight excluding hydrogens is 198 g/mol. The molecule has 1 unspecified atom stereocenters. The summed E-state index contributed by atoms with van der Waals surface area (Å²) in [4.78, 5) is 11.0. The molecule has 1 aromatic rings. The van der Waals surface area contributed by atoms with Gasteiger partial charge in [-0.25, -0.2) is 5.48 Å². The van der Waals surface area contributed by atoms with Crippen LogP contribution in [-0.2, 0) is 10.5 Å². The first-order chi connectivity index (χ1) is 6.74. The SMILES string of the molecule is CC(SCc1ccccc1)C(=O)NO. The first-order valence-corrected chi connectivity index (χ1v) is 5.38. The summed E-state index contributed by atoms with van der Waals surface area (Å²) in [6.45, 7) is 1.76. The predicted molar refractivity (Wildman–Crippen MR) is 57.1 cm³/mol. The maximum atomic E-state index is 11.0. The van der Waals surface area contributed by atoms with Crippen LogP contribution in [0.5, 0.6) is 0 Å². The molecule has 4 heteroatoms. The molecule has 0 bridgehead atoms. The first-order valence-electron chi connectivity index (χ1n) is 4.33. The molecule has 76 valence electrons. The van der Waals surface area contributed by atoms with Gasteiger partial charge in [0, 0.05) is 5.75 Å². The van der Waals surface area contributed by atoms with Crippen LogP contribution in [0.3, 0.4) is 0 Å². The molecule has 0 aliphatic rings. The molecule has 0 aliphatic heterocycles. The number of rotatable bonds is 4. The normalized spacial score (nSPS) is 12.1. The zero-order valence-corrected chi connectivity index (χ0v) is 8.75. The summed E-state index contributed by atoms with van der Waals surface area (Å²) in [7, 11) is 0. The van der Waals surface area contributed by atoms with E-state index in [9.17, 15) is 4.79 Å². The molecule has 1 atom stereocenters. The minimum absolute atomic E-state index is 0.236. The number of hydrogen-bond donors (Lipinski definition) is 2. The van der Waals surface area contributed by atoms with Crippen molar-refractivity contribution < 1.29 is 10.0 Å². The fraction of sp³-hybridized carbons (Fsp3) is 0.300. The Bertz CT molecular complexity index is 289. The van der Waals surface area contributed by atoms with Crippen LogP contribution in [0, 0.1) is 0 Å². The van der Waals surface area contributed by atoms with Crippen molar-refractivity contribution >= 4 is 17.7 Å². The lowest BCUT2D eigenvalue weighted by Crippen LogP contribution is -2.27. The van der Waals surface area contributed by atoms with Crippen LogP contribution < -0.4 is 5.48 Å². The number of hydrogen-bond acceptors (Lipinski definition) is 3. The Morgan fingerprint density at radius 3 is 2.71 bits per heavy atom. The van der Waals surface area contributed by atoms with Gasteiger partial charge in [0.05, 0.1) is 5.25 Å². The maximum Gasteiger partial charge on any atom is 0.256 e. The van der Waals surface area contributed by atoms with E-state index in [1.54, 1.807) is 12.4 Å². The third-order valence-electron chi connectivity index (χ3n) is 1.82. The van der Waals surface area contributed by atoms with E-state index in [-0.39, 0.29) is 11.2 Å². The molecule has 0 heterocycles. The van der Waals surface area contributed by atoms with Crippen LogP contribution in [0.4, 0.5) is 0 Å². The highest BCUT2D eigenvalue weighted by atomic mass is 32.2. The summed E-state index contributed by atoms with van der Waals surface area (Å²) in [6.07, 6.45) is 0. The van der Waals surface area contributed by atoms with E-state index in [1.807, 2.05) is 30.3 Å². The second kappa shape index (κ2) is 5.67. The van der Waals surface area contributed by atoms with Gasteiger partial charge in [-0.15, -0.1) is 11.8 Å². The third-order valence-corrected chi connectivity index (χ3v) is 3.04. The minimum atomic E-state index is -0.356. The highest BCUT2D eigenvalue weighted by Gasteiger charge is 2.11. The average Bonchev–Trinajstić information content (AvgIpc) is 2.26. The first kappa shape index (κ1) is 11.1. The number of benzene rings is 1. The number of amides is 1. The average molecular weight is 211 g/mol. The van der Waals surface area contributed by atoms with Gasteiger partial charge < -0.3 is 0 Å². The van der Waals surface area contributed by atoms with Crippen molar-refractivity contribution in [3.05, 3.63) is 35.9 Å². The van der Waals surface area contributed by atoms with Crippen molar-refractivity contribution in [1.82, 2.24) is 5.48 Å². The van der Waals surface area contributed by atoms with E-state index in [0.29, 0.717) is 0 Å². The van der Waals surface area contributed by atoms with Gasteiger partial charge in [0.15, 0.2) is 0 Å². The number of carbonyl (C=O) groups excluding carboxylic acids is 1. The van der Waals surface area contributed by atoms with Gasteiger partial charge >= 0.3 is 0 Å². The Labute approximate surface area is 87.5 Å². The lowest BCUT2D eigenvalue weighted by molar-refractivity contribution is -0.128. The minimum Gasteiger partial charge on any atom is -0.289 e. The highest BCUT2D eigenvalue weighted by molar-refractivity contribution is 7.99. The van der Waals surface area contributed by atoms with Crippen molar-refractivity contribution in [3.63, 3.8) is 0 Å². The van der Waals surface area contributed by atoms with Crippen molar-refractivity contribution in [1.29, 1.82) is 0 Å². The Balaban J connectivity index is 2.38. The summed E-state index contributed by atoms with van der Waals surface area (Å²) in [6, 6.07) is 9.91. The van der Waals surface area contributed by atoms with Crippen LogP contribution in [0.25, 0.3) is 0 Å². The Hall–Kier alpha value is -1.00. The third kappa shape index (κ3) is 3.40. The zero-order valence-electron chi connectivity index (χ0n) is 7.93. The van der Waals surface area contributed by atoms with Crippen LogP contribution in [-0.4, -0.2) is 16.4 Å². The van der Waals surface area contributed by atoms with Crippen LogP contribution >= 0.6 is 11.8 Å². The standard InChI is InChI=1S/C10H13NO2S/c1-8(10(12)11-13)14-7-9-5-3-2-4-6-9/h2-6,8,13H,7H2,1H3,(H,11,12). The van der Waals surface area contributed by atoms with Gasteiger partial charge in [0.1, 0.15) is 0 Å². The smallest absolute Gasteiger partial charge is 0.256 e. The number of carbonyl (C=O) groups is 1. The van der Waals surface area contributed by atoms with E-state index in [0.717, 1.165) is 5.75 Å². The molecule has 1 aromatic carbocycles. The Kier molecular flexibility index (Phi) is 4.49. The fourth-order valence-corrected chi connectivity index (χ4v) is 1.80. The van der Waals surface area contributed by atoms with Gasteiger partial charge in [-0.2, -0.15) is 0 Å². The van der Waals surface area contributed by atoms with Crippen molar-refractivity contribution in [2.24, 2.45) is 0 Å². The molecule has 14 heavy (non-hydrogen) atoms. The fourth-order valence-electron chi connectivity index (χ4n) is 0.962. The molecule has 0 saturated heterocycles. The molecule has 0 spiro atoms. The topological polar surface area (TPSA) is 49.3 Å². The number of nitrogens with one attached hydrogen (secondary N) is 1. The molecule has 0 aliphatic carbocycles. The zero-order chi connectivity index (χ0) is 10.4. The lowest BCUT2D eigenvalue weighted by atomic mass is 10.2. The summed E-state index contributed by atoms with van der Waals surface area (Å²) in [5.41, 5.74) is 2.82. The molecule has 2 N–H and O–H groups in total. The van der Waals surface area contributed by atoms with Crippen molar-refractivity contribution in [2.75, 3.05) is 0 Å². The van der Waals surface area contributed by atoms with Crippen LogP contribution in [0.1, 0.15) is 12.5 Å². The second-order valence-electron chi connectivity index (χ2n) is 2.91. The molecule has 0 aromatic heterocycles. The van der Waals surface area contributed by atoms with Crippen molar-refractivity contribution in [3.8, 4) is 0 Å². The molecule has 1 rings (SSSR count). The summed E-state index contributed by atoms with van der Waals surface area (Å²) < 4.78 is 0. The molecule has 0 saturated carbocycles. The van der Waals surface area contributed by atoms with Gasteiger partial charge in [0.2, 0.25) is 0 Å². The summed E-state index contributed by atoms with van der Waals surface area (Å²) in [5.74, 6) is 0.418. The predicted octanol–water partition coefficient (Wildman–Crippen LogP) is 1.81. The van der Waals surface area contributed by atoms with Crippen molar-refractivity contribution in [2.45, 2.75) is 17.9 Å². The quantitative estimate of drug-likeness (QED) is 0.590. The highest BCUT2D eigenvalue weighted by Crippen LogP contribution is 2.17. The van der Waals surface area contributed by atoms with E-state index >= 15 is 0 Å². The second-order valence-corrected chi connectivity index (χ2v) is 4.24. The van der Waals surface area contributed by atoms with E-state index < -0.39 is 0 Å². The Morgan fingerprint density at radius 2 is 2.14 bits per heavy atom. The molecule has 3 nitrogen and oxygen atoms in total. The monoisotopic (exact) mass is 211 g/mol. The number of thioether (sulfide) groups is 1. The Morgan fingerprint density at radius 1 is 1.50 bits per heavy atom. The van der Waals surface area contributed by atoms with Gasteiger partial charge in [-0.3, -0.25) is 10.0 Å². The van der Waals surface area contributed by atoms with E-state index in [2.05, 4.69) is 0 Å². The van der Waals surface area contributed by atoms with Gasteiger partial charge in [-0.05, 0) is 12.5 Å². The largest absolute Gasteiger partial charge is 0.289 e. The lowest BCUT2D eigenvalue weighted by Gasteiger charge is -2.08. The number of hydroxylamine groups is 1. The molecular formula is C10H13NO2S. The summed E-state index contributed by atoms with van der Waals surface area (Å²) in [5, 5.41) is 8.15. The van der Waals surface area contributed by atoms with Crippen LogP contribution in [0.2, 0.25) is 0 Å². The van der Waals surface area contributed by atoms with E-state index in [4.69, 9.17) is 5.21 Å². The summed E-state index contributed by atoms with van der Waals surface area (Å²) >= 11 is 1.49. The van der Waals surface area contributed by atoms with Crippen LogP contribution in [0.15, 0.2) is 30.3 Å².